The van der Waals surface area contributed by atoms with E-state index in [1.54, 1.807) is 0 Å². The predicted octanol–water partition coefficient (Wildman–Crippen LogP) is 3.90. The minimum Gasteiger partial charge on any atom is -0.351 e. The lowest BCUT2D eigenvalue weighted by Gasteiger charge is -2.29. The molecule has 1 amide bonds. The topological polar surface area (TPSA) is 52.9 Å². The molecule has 1 aromatic rings. The fourth-order valence-corrected chi connectivity index (χ4v) is 2.92. The summed E-state index contributed by atoms with van der Waals surface area (Å²) in [5.74, 6) is 0.412. The number of nitrogens with one attached hydrogen (secondary N) is 1. The van der Waals surface area contributed by atoms with Gasteiger partial charge in [-0.1, -0.05) is 57.4 Å². The van der Waals surface area contributed by atoms with Crippen LogP contribution >= 0.6 is 0 Å². The van der Waals surface area contributed by atoms with E-state index in [1.165, 1.54) is 5.56 Å². The van der Waals surface area contributed by atoms with Crippen LogP contribution in [0.4, 0.5) is 0 Å². The van der Waals surface area contributed by atoms with Gasteiger partial charge in [0.2, 0.25) is 5.91 Å². The molecule has 0 spiro atoms. The van der Waals surface area contributed by atoms with Gasteiger partial charge in [-0.05, 0) is 29.9 Å². The molecule has 0 aliphatic heterocycles. The van der Waals surface area contributed by atoms with Crippen LogP contribution in [0.1, 0.15) is 63.0 Å². The molecule has 112 valence electrons. The van der Waals surface area contributed by atoms with E-state index < -0.39 is 5.41 Å². The van der Waals surface area contributed by atoms with Crippen molar-refractivity contribution in [3.05, 3.63) is 35.4 Å². The van der Waals surface area contributed by atoms with E-state index in [1.807, 2.05) is 0 Å². The molecule has 0 radical (unpaired) electrons. The first-order chi connectivity index (χ1) is 10.1. The van der Waals surface area contributed by atoms with E-state index in [0.717, 1.165) is 24.8 Å². The number of benzene rings is 1. The Hall–Kier alpha value is -1.82. The van der Waals surface area contributed by atoms with Crippen LogP contribution in [0.2, 0.25) is 0 Å². The van der Waals surface area contributed by atoms with Crippen molar-refractivity contribution in [2.24, 2.45) is 5.41 Å². The lowest BCUT2D eigenvalue weighted by molar-refractivity contribution is -0.129. The quantitative estimate of drug-likeness (QED) is 0.911. The lowest BCUT2D eigenvalue weighted by atomic mass is 9.74. The molecule has 1 aliphatic carbocycles. The zero-order valence-corrected chi connectivity index (χ0v) is 13.0. The summed E-state index contributed by atoms with van der Waals surface area (Å²) in [5, 5.41) is 12.3. The van der Waals surface area contributed by atoms with Gasteiger partial charge in [0.05, 0.1) is 6.07 Å². The number of amides is 1. The summed E-state index contributed by atoms with van der Waals surface area (Å²) in [6, 6.07) is 10.6. The van der Waals surface area contributed by atoms with E-state index in [9.17, 15) is 10.1 Å². The summed E-state index contributed by atoms with van der Waals surface area (Å²) in [6.07, 6.45) is 4.48. The van der Waals surface area contributed by atoms with Gasteiger partial charge in [0.25, 0.3) is 0 Å². The Morgan fingerprint density at radius 2 is 1.86 bits per heavy atom. The zero-order chi connectivity index (χ0) is 15.3. The smallest absolute Gasteiger partial charge is 0.240 e. The maximum Gasteiger partial charge on any atom is 0.240 e. The Bertz CT molecular complexity index is 519. The largest absolute Gasteiger partial charge is 0.351 e. The molecule has 3 nitrogen and oxygen atoms in total. The first-order valence-electron chi connectivity index (χ1n) is 7.86. The van der Waals surface area contributed by atoms with Crippen molar-refractivity contribution in [1.82, 2.24) is 5.32 Å². The molecule has 1 saturated carbocycles. The van der Waals surface area contributed by atoms with Crippen LogP contribution in [-0.2, 0) is 11.3 Å². The van der Waals surface area contributed by atoms with Crippen LogP contribution in [0, 0.1) is 16.7 Å². The van der Waals surface area contributed by atoms with Gasteiger partial charge in [-0.15, -0.1) is 0 Å². The average molecular weight is 284 g/mol. The highest BCUT2D eigenvalue weighted by Gasteiger charge is 2.39. The van der Waals surface area contributed by atoms with Gasteiger partial charge in [0.15, 0.2) is 0 Å². The lowest BCUT2D eigenvalue weighted by Crippen LogP contribution is -2.41. The molecule has 1 fully saturated rings. The molecule has 3 heteroatoms. The normalized spacial score (nSPS) is 17.2. The highest BCUT2D eigenvalue weighted by molar-refractivity contribution is 5.85. The molecular weight excluding hydrogens is 260 g/mol. The Balaban J connectivity index is 1.95. The van der Waals surface area contributed by atoms with Crippen molar-refractivity contribution in [1.29, 1.82) is 5.26 Å². The molecule has 1 aliphatic rings. The number of carbonyl (C=O) groups excluding carboxylic acids is 1. The second-order valence-corrected chi connectivity index (χ2v) is 6.33. The summed E-state index contributed by atoms with van der Waals surface area (Å²) >= 11 is 0. The Morgan fingerprint density at radius 1 is 1.24 bits per heavy atom. The van der Waals surface area contributed by atoms with E-state index in [4.69, 9.17) is 0 Å². The van der Waals surface area contributed by atoms with Crippen molar-refractivity contribution < 1.29 is 4.79 Å². The molecule has 0 atom stereocenters. The number of nitriles is 1. The number of carbonyl (C=O) groups is 1. The third-order valence-electron chi connectivity index (χ3n) is 4.46. The fourth-order valence-electron chi connectivity index (χ4n) is 2.92. The second-order valence-electron chi connectivity index (χ2n) is 6.33. The molecule has 0 saturated heterocycles. The summed E-state index contributed by atoms with van der Waals surface area (Å²) in [6.45, 7) is 4.83. The molecule has 1 aromatic carbocycles. The third kappa shape index (κ3) is 3.64. The van der Waals surface area contributed by atoms with Gasteiger partial charge in [-0.25, -0.2) is 0 Å². The predicted molar refractivity (Wildman–Crippen MR) is 83.5 cm³/mol. The first kappa shape index (κ1) is 15.6. The van der Waals surface area contributed by atoms with E-state index >= 15 is 0 Å². The van der Waals surface area contributed by atoms with Gasteiger partial charge in [-0.3, -0.25) is 4.79 Å². The van der Waals surface area contributed by atoms with Crippen molar-refractivity contribution >= 4 is 5.91 Å². The third-order valence-corrected chi connectivity index (χ3v) is 4.46. The Kier molecular flexibility index (Phi) is 5.01. The molecule has 0 heterocycles. The number of hydrogen-bond acceptors (Lipinski definition) is 2. The monoisotopic (exact) mass is 284 g/mol. The van der Waals surface area contributed by atoms with Crippen LogP contribution in [0.5, 0.6) is 0 Å². The van der Waals surface area contributed by atoms with Crippen molar-refractivity contribution in [3.8, 4) is 6.07 Å². The molecule has 2 rings (SSSR count). The van der Waals surface area contributed by atoms with Crippen molar-refractivity contribution in [2.45, 2.75) is 58.4 Å². The van der Waals surface area contributed by atoms with Crippen LogP contribution < -0.4 is 5.32 Å². The molecule has 0 aromatic heterocycles. The average Bonchev–Trinajstić information content (AvgIpc) is 2.53. The SMILES string of the molecule is CC(C)c1ccc(CNC(=O)C2(C#N)CCCCC2)cc1. The van der Waals surface area contributed by atoms with E-state index in [2.05, 4.69) is 49.5 Å². The van der Waals surface area contributed by atoms with Crippen LogP contribution in [-0.4, -0.2) is 5.91 Å². The van der Waals surface area contributed by atoms with Crippen LogP contribution in [0.15, 0.2) is 24.3 Å². The molecular formula is C18H24N2O. The maximum absolute atomic E-state index is 12.4. The van der Waals surface area contributed by atoms with Gasteiger partial charge >= 0.3 is 0 Å². The van der Waals surface area contributed by atoms with Gasteiger partial charge in [0.1, 0.15) is 5.41 Å². The number of rotatable bonds is 4. The van der Waals surface area contributed by atoms with Gasteiger partial charge in [0, 0.05) is 6.54 Å². The highest BCUT2D eigenvalue weighted by atomic mass is 16.2. The minimum atomic E-state index is -0.796. The highest BCUT2D eigenvalue weighted by Crippen LogP contribution is 2.35. The summed E-state index contributed by atoms with van der Waals surface area (Å²) in [7, 11) is 0. The van der Waals surface area contributed by atoms with Crippen molar-refractivity contribution in [3.63, 3.8) is 0 Å². The van der Waals surface area contributed by atoms with Gasteiger partial charge in [-0.2, -0.15) is 5.26 Å². The van der Waals surface area contributed by atoms with Crippen molar-refractivity contribution in [2.75, 3.05) is 0 Å². The maximum atomic E-state index is 12.4. The Morgan fingerprint density at radius 3 is 2.38 bits per heavy atom. The van der Waals surface area contributed by atoms with Gasteiger partial charge < -0.3 is 5.32 Å². The van der Waals surface area contributed by atoms with Crippen LogP contribution in [0.3, 0.4) is 0 Å². The summed E-state index contributed by atoms with van der Waals surface area (Å²) in [4.78, 5) is 12.4. The molecule has 0 unspecified atom stereocenters. The fraction of sp³-hybridized carbons (Fsp3) is 0.556. The second kappa shape index (κ2) is 6.76. The minimum absolute atomic E-state index is 0.0994. The summed E-state index contributed by atoms with van der Waals surface area (Å²) < 4.78 is 0. The van der Waals surface area contributed by atoms with E-state index in [0.29, 0.717) is 25.3 Å². The van der Waals surface area contributed by atoms with E-state index in [-0.39, 0.29) is 5.91 Å². The standard InChI is InChI=1S/C18H24N2O/c1-14(2)16-8-6-15(7-9-16)12-20-17(21)18(13-19)10-4-3-5-11-18/h6-9,14H,3-5,10-12H2,1-2H3,(H,20,21). The zero-order valence-electron chi connectivity index (χ0n) is 13.0. The number of hydrogen-bond donors (Lipinski definition) is 1. The number of nitrogens with zero attached hydrogens (tertiary/aromatic N) is 1. The molecule has 0 bridgehead atoms. The summed E-state index contributed by atoms with van der Waals surface area (Å²) in [5.41, 5.74) is 1.58. The first-order valence-corrected chi connectivity index (χ1v) is 7.86. The molecule has 21 heavy (non-hydrogen) atoms. The Labute approximate surface area is 127 Å². The van der Waals surface area contributed by atoms with Crippen LogP contribution in [0.25, 0.3) is 0 Å². The molecule has 1 N–H and O–H groups in total.